The Balaban J connectivity index is 1.58. The Bertz CT molecular complexity index is 1400. The number of benzene rings is 2. The number of fused-ring (bicyclic) bond motifs is 2. The second-order valence-corrected chi connectivity index (χ2v) is 11.4. The van der Waals surface area contributed by atoms with Crippen LogP contribution in [-0.2, 0) is 21.0 Å². The number of thioether (sulfide) groups is 1. The summed E-state index contributed by atoms with van der Waals surface area (Å²) in [5, 5.41) is 8.93. The molecule has 5 rings (SSSR count). The fraction of sp³-hybridized carbons (Fsp3) is 0.250. The Kier molecular flexibility index (Phi) is 6.32. The van der Waals surface area contributed by atoms with E-state index in [0.717, 1.165) is 43.6 Å². The van der Waals surface area contributed by atoms with Gasteiger partial charge in [-0.1, -0.05) is 68.9 Å². The van der Waals surface area contributed by atoms with E-state index in [-0.39, 0.29) is 4.87 Å². The third-order valence-electron chi connectivity index (χ3n) is 6.03. The first kappa shape index (κ1) is 23.8. The standard InChI is InChI=1S/C24H19BrN2O6S2/c1-11-2-4-12(5-3-11)10-33-15-7-6-13(25)8-14(15)17-18-20(34-21-19(17)35-24(32)26-21)23(31)27(22(18)30)9-16(28)29/h2-8,17-18,20H,9-10H2,1H3,(H,26,32)(H,28,29)/t17-,18?,20?/m0/s1. The van der Waals surface area contributed by atoms with Gasteiger partial charge in [-0.05, 0) is 30.7 Å². The number of nitrogens with zero attached hydrogens (tertiary/aromatic N) is 1. The predicted molar refractivity (Wildman–Crippen MR) is 134 cm³/mol. The molecule has 1 saturated heterocycles. The van der Waals surface area contributed by atoms with E-state index in [2.05, 4.69) is 20.9 Å². The maximum atomic E-state index is 13.4. The van der Waals surface area contributed by atoms with Crippen molar-refractivity contribution in [2.75, 3.05) is 6.54 Å². The largest absolute Gasteiger partial charge is 0.489 e. The van der Waals surface area contributed by atoms with Crippen LogP contribution >= 0.6 is 39.0 Å². The number of likely N-dealkylation sites (tertiary alicyclic amines) is 1. The van der Waals surface area contributed by atoms with Gasteiger partial charge < -0.3 is 14.8 Å². The first-order valence-corrected chi connectivity index (χ1v) is 13.2. The summed E-state index contributed by atoms with van der Waals surface area (Å²) >= 11 is 5.59. The molecule has 1 fully saturated rings. The van der Waals surface area contributed by atoms with Crippen molar-refractivity contribution in [3.63, 3.8) is 0 Å². The van der Waals surface area contributed by atoms with E-state index in [1.54, 1.807) is 6.07 Å². The summed E-state index contributed by atoms with van der Waals surface area (Å²) in [6, 6.07) is 13.4. The van der Waals surface area contributed by atoms with E-state index >= 15 is 0 Å². The molecule has 35 heavy (non-hydrogen) atoms. The third kappa shape index (κ3) is 4.43. The molecule has 0 bridgehead atoms. The van der Waals surface area contributed by atoms with E-state index in [9.17, 15) is 24.3 Å². The van der Waals surface area contributed by atoms with Gasteiger partial charge in [0.15, 0.2) is 0 Å². The topological polar surface area (TPSA) is 117 Å². The van der Waals surface area contributed by atoms with Crippen LogP contribution in [0.5, 0.6) is 5.75 Å². The minimum Gasteiger partial charge on any atom is -0.489 e. The lowest BCUT2D eigenvalue weighted by Crippen LogP contribution is -2.36. The van der Waals surface area contributed by atoms with Gasteiger partial charge in [0.2, 0.25) is 11.8 Å². The molecular formula is C24H19BrN2O6S2. The van der Waals surface area contributed by atoms with Crippen molar-refractivity contribution in [3.8, 4) is 5.75 Å². The molecule has 3 atom stereocenters. The van der Waals surface area contributed by atoms with Gasteiger partial charge >= 0.3 is 10.8 Å². The number of carboxylic acid groups (broad SMARTS) is 1. The fourth-order valence-corrected chi connectivity index (χ4v) is 7.35. The second kappa shape index (κ2) is 9.29. The molecule has 2 unspecified atom stereocenters. The minimum absolute atomic E-state index is 0.285. The van der Waals surface area contributed by atoms with Gasteiger partial charge in [-0.15, -0.1) is 0 Å². The Hall–Kier alpha value is -2.89. The third-order valence-corrected chi connectivity index (χ3v) is 8.92. The highest BCUT2D eigenvalue weighted by atomic mass is 79.9. The number of carboxylic acids is 1. The highest BCUT2D eigenvalue weighted by molar-refractivity contribution is 9.10. The Morgan fingerprint density at radius 2 is 1.89 bits per heavy atom. The number of carbonyl (C=O) groups excluding carboxylic acids is 2. The zero-order valence-corrected chi connectivity index (χ0v) is 21.5. The zero-order chi connectivity index (χ0) is 24.9. The molecule has 2 amide bonds. The normalized spacial score (nSPS) is 21.1. The van der Waals surface area contributed by atoms with E-state index in [0.29, 0.717) is 27.8 Å². The van der Waals surface area contributed by atoms with Crippen LogP contribution in [0.4, 0.5) is 0 Å². The summed E-state index contributed by atoms with van der Waals surface area (Å²) in [5.74, 6) is -3.38. The zero-order valence-electron chi connectivity index (χ0n) is 18.3. The summed E-state index contributed by atoms with van der Waals surface area (Å²) in [6.07, 6.45) is 0. The van der Waals surface area contributed by atoms with Crippen LogP contribution in [0, 0.1) is 12.8 Å². The molecule has 0 spiro atoms. The van der Waals surface area contributed by atoms with Crippen LogP contribution in [0.1, 0.15) is 27.5 Å². The maximum Gasteiger partial charge on any atom is 0.323 e. The first-order valence-electron chi connectivity index (χ1n) is 10.7. The van der Waals surface area contributed by atoms with Crippen LogP contribution in [0.15, 0.2) is 56.8 Å². The van der Waals surface area contributed by atoms with E-state index in [1.807, 2.05) is 43.3 Å². The number of H-pyrrole nitrogens is 1. The average molecular weight is 575 g/mol. The summed E-state index contributed by atoms with van der Waals surface area (Å²) in [6.45, 7) is 1.60. The van der Waals surface area contributed by atoms with Crippen LogP contribution in [0.3, 0.4) is 0 Å². The van der Waals surface area contributed by atoms with Crippen molar-refractivity contribution < 1.29 is 24.2 Å². The number of aromatic nitrogens is 1. The number of hydrogen-bond donors (Lipinski definition) is 2. The number of amides is 2. The van der Waals surface area contributed by atoms with Crippen molar-refractivity contribution >= 4 is 56.8 Å². The van der Waals surface area contributed by atoms with Crippen LogP contribution < -0.4 is 9.61 Å². The number of aromatic amines is 1. The second-order valence-electron chi connectivity index (χ2n) is 8.36. The van der Waals surface area contributed by atoms with Crippen LogP contribution in [0.2, 0.25) is 0 Å². The number of ether oxygens (including phenoxy) is 1. The van der Waals surface area contributed by atoms with E-state index in [4.69, 9.17) is 4.74 Å². The maximum absolute atomic E-state index is 13.4. The molecule has 0 saturated carbocycles. The van der Waals surface area contributed by atoms with Crippen molar-refractivity contribution in [2.24, 2.45) is 5.92 Å². The molecular weight excluding hydrogens is 556 g/mol. The van der Waals surface area contributed by atoms with E-state index in [1.165, 1.54) is 0 Å². The molecule has 11 heteroatoms. The Labute approximate surface area is 216 Å². The predicted octanol–water partition coefficient (Wildman–Crippen LogP) is 3.76. The van der Waals surface area contributed by atoms with Gasteiger partial charge in [0, 0.05) is 20.8 Å². The number of aryl methyl sites for hydroxylation is 1. The smallest absolute Gasteiger partial charge is 0.323 e. The molecule has 0 aliphatic carbocycles. The number of hydrogen-bond acceptors (Lipinski definition) is 7. The summed E-state index contributed by atoms with van der Waals surface area (Å²) < 4.78 is 6.92. The lowest BCUT2D eigenvalue weighted by Gasteiger charge is -2.31. The van der Waals surface area contributed by atoms with Gasteiger partial charge in [-0.25, -0.2) is 0 Å². The van der Waals surface area contributed by atoms with Crippen molar-refractivity contribution in [2.45, 2.75) is 29.7 Å². The molecule has 3 heterocycles. The number of nitrogens with one attached hydrogen (secondary N) is 1. The molecule has 8 nitrogen and oxygen atoms in total. The number of rotatable bonds is 6. The van der Waals surface area contributed by atoms with Gasteiger partial charge in [-0.2, -0.15) is 0 Å². The Morgan fingerprint density at radius 1 is 1.14 bits per heavy atom. The van der Waals surface area contributed by atoms with Gasteiger partial charge in [-0.3, -0.25) is 24.1 Å². The van der Waals surface area contributed by atoms with Gasteiger partial charge in [0.25, 0.3) is 0 Å². The fourth-order valence-electron chi connectivity index (χ4n) is 4.44. The van der Waals surface area contributed by atoms with E-state index < -0.39 is 41.4 Å². The SMILES string of the molecule is Cc1ccc(COc2ccc(Br)cc2[C@@H]2c3sc(=O)[nH]c3SC3C(=O)N(CC(=O)O)C(=O)C32)cc1. The summed E-state index contributed by atoms with van der Waals surface area (Å²) in [4.78, 5) is 54.0. The molecule has 1 aromatic heterocycles. The monoisotopic (exact) mass is 574 g/mol. The first-order chi connectivity index (χ1) is 16.7. The van der Waals surface area contributed by atoms with Crippen molar-refractivity contribution in [1.82, 2.24) is 9.88 Å². The quantitative estimate of drug-likeness (QED) is 0.430. The summed E-state index contributed by atoms with van der Waals surface area (Å²) in [7, 11) is 0. The average Bonchev–Trinajstić information content (AvgIpc) is 3.29. The highest BCUT2D eigenvalue weighted by Gasteiger charge is 2.56. The number of aliphatic carboxylic acids is 1. The van der Waals surface area contributed by atoms with Crippen LogP contribution in [-0.4, -0.2) is 44.6 Å². The number of imide groups is 1. The Morgan fingerprint density at radius 3 is 2.60 bits per heavy atom. The lowest BCUT2D eigenvalue weighted by atomic mass is 9.82. The molecule has 2 aliphatic heterocycles. The number of thiazole rings is 1. The van der Waals surface area contributed by atoms with Gasteiger partial charge in [0.05, 0.1) is 10.9 Å². The highest BCUT2D eigenvalue weighted by Crippen LogP contribution is 2.54. The molecule has 180 valence electrons. The van der Waals surface area contributed by atoms with Gasteiger partial charge in [0.1, 0.15) is 24.2 Å². The minimum atomic E-state index is -1.26. The molecule has 3 aromatic rings. The number of halogens is 1. The molecule has 2 aromatic carbocycles. The molecule has 2 aliphatic rings. The molecule has 2 N–H and O–H groups in total. The van der Waals surface area contributed by atoms with Crippen molar-refractivity contribution in [3.05, 3.63) is 78.2 Å². The summed E-state index contributed by atoms with van der Waals surface area (Å²) in [5.41, 5.74) is 2.75. The number of carbonyl (C=O) groups is 3. The molecule has 0 radical (unpaired) electrons. The van der Waals surface area contributed by atoms with Crippen LogP contribution in [0.25, 0.3) is 0 Å². The van der Waals surface area contributed by atoms with Crippen molar-refractivity contribution in [1.29, 1.82) is 0 Å². The lowest BCUT2D eigenvalue weighted by molar-refractivity contribution is -0.149.